The lowest BCUT2D eigenvalue weighted by molar-refractivity contribution is -0.147. The highest BCUT2D eigenvalue weighted by atomic mass is 19.4. The molecule has 1 saturated carbocycles. The summed E-state index contributed by atoms with van der Waals surface area (Å²) in [4.78, 5) is 16.0. The smallest absolute Gasteiger partial charge is 0.352 e. The number of halogens is 3. The number of benzene rings is 1. The Hall–Kier alpha value is -2.05. The van der Waals surface area contributed by atoms with Gasteiger partial charge in [-0.15, -0.1) is 0 Å². The summed E-state index contributed by atoms with van der Waals surface area (Å²) < 4.78 is 40.7. The highest BCUT2D eigenvalue weighted by molar-refractivity contribution is 5.81. The van der Waals surface area contributed by atoms with Crippen molar-refractivity contribution in [2.24, 2.45) is 5.92 Å². The van der Waals surface area contributed by atoms with Crippen molar-refractivity contribution in [3.05, 3.63) is 30.1 Å². The highest BCUT2D eigenvalue weighted by Gasteiger charge is 2.38. The van der Waals surface area contributed by atoms with E-state index < -0.39 is 17.9 Å². The molecule has 0 bridgehead atoms. The van der Waals surface area contributed by atoms with Gasteiger partial charge in [0.1, 0.15) is 6.54 Å². The number of aromatic nitrogens is 2. The van der Waals surface area contributed by atoms with Crippen LogP contribution in [0.3, 0.4) is 0 Å². The van der Waals surface area contributed by atoms with Crippen LogP contribution in [-0.2, 0) is 17.5 Å². The van der Waals surface area contributed by atoms with Gasteiger partial charge in [0, 0.05) is 6.04 Å². The Morgan fingerprint density at radius 2 is 2.00 bits per heavy atom. The van der Waals surface area contributed by atoms with Gasteiger partial charge in [-0.2, -0.15) is 13.2 Å². The molecule has 7 heteroatoms. The van der Waals surface area contributed by atoms with E-state index in [0.717, 1.165) is 30.3 Å². The van der Waals surface area contributed by atoms with Crippen molar-refractivity contribution in [3.63, 3.8) is 0 Å². The van der Waals surface area contributed by atoms with Gasteiger partial charge in [-0.1, -0.05) is 31.9 Å². The van der Waals surface area contributed by atoms with Crippen LogP contribution in [0.15, 0.2) is 24.3 Å². The Bertz CT molecular complexity index is 738. The Balaban J connectivity index is 1.84. The number of hydrogen-bond donors (Lipinski definition) is 1. The summed E-state index contributed by atoms with van der Waals surface area (Å²) in [7, 11) is 0. The molecule has 1 aliphatic carbocycles. The van der Waals surface area contributed by atoms with E-state index >= 15 is 0 Å². The summed E-state index contributed by atoms with van der Waals surface area (Å²) in [6.45, 7) is 1.69. The van der Waals surface area contributed by atoms with Crippen molar-refractivity contribution in [3.8, 4) is 0 Å². The van der Waals surface area contributed by atoms with Gasteiger partial charge in [0.15, 0.2) is 0 Å². The Kier molecular flexibility index (Phi) is 4.51. The zero-order chi connectivity index (χ0) is 17.3. The first-order valence-corrected chi connectivity index (χ1v) is 8.18. The summed E-state index contributed by atoms with van der Waals surface area (Å²) in [5.41, 5.74) is 0.556. The maximum absolute atomic E-state index is 13.2. The average Bonchev–Trinajstić information content (AvgIpc) is 2.89. The van der Waals surface area contributed by atoms with E-state index in [1.54, 1.807) is 18.2 Å². The van der Waals surface area contributed by atoms with E-state index in [1.165, 1.54) is 6.07 Å². The van der Waals surface area contributed by atoms with Gasteiger partial charge in [-0.05, 0) is 30.9 Å². The molecule has 0 aliphatic heterocycles. The molecule has 1 aromatic carbocycles. The summed E-state index contributed by atoms with van der Waals surface area (Å²) >= 11 is 0. The SMILES string of the molecule is CC1CCCCC1NC(=O)Cn1c(C(F)(F)F)nc2ccccc21. The van der Waals surface area contributed by atoms with E-state index in [-0.39, 0.29) is 18.1 Å². The van der Waals surface area contributed by atoms with E-state index in [4.69, 9.17) is 0 Å². The van der Waals surface area contributed by atoms with Crippen LogP contribution in [-0.4, -0.2) is 21.5 Å². The Labute approximate surface area is 138 Å². The number of fused-ring (bicyclic) bond motifs is 1. The van der Waals surface area contributed by atoms with Gasteiger partial charge in [-0.3, -0.25) is 4.79 Å². The number of carbonyl (C=O) groups is 1. The van der Waals surface area contributed by atoms with Crippen molar-refractivity contribution < 1.29 is 18.0 Å². The standard InChI is InChI=1S/C17H20F3N3O/c1-11-6-2-3-7-12(11)21-15(24)10-23-14-9-5-4-8-13(14)22-16(23)17(18,19)20/h4-5,8-9,11-12H,2-3,6-7,10H2,1H3,(H,21,24). The molecule has 2 aromatic rings. The molecule has 4 nitrogen and oxygen atoms in total. The predicted molar refractivity (Wildman–Crippen MR) is 84.3 cm³/mol. The average molecular weight is 339 g/mol. The molecule has 0 spiro atoms. The zero-order valence-electron chi connectivity index (χ0n) is 13.4. The van der Waals surface area contributed by atoms with E-state index in [0.29, 0.717) is 11.4 Å². The van der Waals surface area contributed by atoms with Gasteiger partial charge in [-0.25, -0.2) is 4.98 Å². The molecule has 1 aromatic heterocycles. The fraction of sp³-hybridized carbons (Fsp3) is 0.529. The maximum Gasteiger partial charge on any atom is 0.449 e. The van der Waals surface area contributed by atoms with Crippen molar-refractivity contribution in [1.29, 1.82) is 0 Å². The molecule has 1 amide bonds. The fourth-order valence-electron chi connectivity index (χ4n) is 3.38. The molecular weight excluding hydrogens is 319 g/mol. The number of carbonyl (C=O) groups excluding carboxylic acids is 1. The number of imidazole rings is 1. The monoisotopic (exact) mass is 339 g/mol. The number of amides is 1. The normalized spacial score (nSPS) is 21.8. The first-order chi connectivity index (χ1) is 11.4. The summed E-state index contributed by atoms with van der Waals surface area (Å²) in [6, 6.07) is 6.37. The van der Waals surface area contributed by atoms with Crippen molar-refractivity contribution >= 4 is 16.9 Å². The van der Waals surface area contributed by atoms with Gasteiger partial charge in [0.05, 0.1) is 11.0 Å². The number of alkyl halides is 3. The van der Waals surface area contributed by atoms with Crippen LogP contribution in [0.4, 0.5) is 13.2 Å². The molecule has 24 heavy (non-hydrogen) atoms. The number of nitrogens with one attached hydrogen (secondary N) is 1. The lowest BCUT2D eigenvalue weighted by Gasteiger charge is -2.29. The van der Waals surface area contributed by atoms with Crippen LogP contribution in [0.5, 0.6) is 0 Å². The molecule has 0 radical (unpaired) electrons. The van der Waals surface area contributed by atoms with Crippen LogP contribution in [0.25, 0.3) is 11.0 Å². The third kappa shape index (κ3) is 3.39. The minimum atomic E-state index is -4.60. The molecule has 0 saturated heterocycles. The van der Waals surface area contributed by atoms with Crippen LogP contribution in [0, 0.1) is 5.92 Å². The highest BCUT2D eigenvalue weighted by Crippen LogP contribution is 2.31. The third-order valence-corrected chi connectivity index (χ3v) is 4.67. The maximum atomic E-state index is 13.2. The zero-order valence-corrected chi connectivity index (χ0v) is 13.4. The third-order valence-electron chi connectivity index (χ3n) is 4.67. The fourth-order valence-corrected chi connectivity index (χ4v) is 3.38. The molecule has 3 rings (SSSR count). The summed E-state index contributed by atoms with van der Waals surface area (Å²) in [5, 5.41) is 2.90. The number of nitrogens with zero attached hydrogens (tertiary/aromatic N) is 2. The second kappa shape index (κ2) is 6.45. The molecule has 130 valence electrons. The Morgan fingerprint density at radius 1 is 1.29 bits per heavy atom. The predicted octanol–water partition coefficient (Wildman–Crippen LogP) is 3.75. The summed E-state index contributed by atoms with van der Waals surface area (Å²) in [6.07, 6.45) is -0.511. The molecule has 2 unspecified atom stereocenters. The van der Waals surface area contributed by atoms with Gasteiger partial charge in [0.2, 0.25) is 11.7 Å². The van der Waals surface area contributed by atoms with Gasteiger partial charge >= 0.3 is 6.18 Å². The minimum absolute atomic E-state index is 0.0374. The van der Waals surface area contributed by atoms with Crippen LogP contribution in [0.1, 0.15) is 38.4 Å². The van der Waals surface area contributed by atoms with Gasteiger partial charge < -0.3 is 9.88 Å². The lowest BCUT2D eigenvalue weighted by Crippen LogP contribution is -2.42. The molecule has 1 fully saturated rings. The number of hydrogen-bond acceptors (Lipinski definition) is 2. The first kappa shape index (κ1) is 16.8. The van der Waals surface area contributed by atoms with E-state index in [2.05, 4.69) is 17.2 Å². The van der Waals surface area contributed by atoms with E-state index in [1.807, 2.05) is 0 Å². The largest absolute Gasteiger partial charge is 0.449 e. The summed E-state index contributed by atoms with van der Waals surface area (Å²) in [5.74, 6) is -1.08. The van der Waals surface area contributed by atoms with E-state index in [9.17, 15) is 18.0 Å². The van der Waals surface area contributed by atoms with Gasteiger partial charge in [0.25, 0.3) is 0 Å². The number of rotatable bonds is 3. The minimum Gasteiger partial charge on any atom is -0.352 e. The topological polar surface area (TPSA) is 46.9 Å². The van der Waals surface area contributed by atoms with Crippen molar-refractivity contribution in [2.75, 3.05) is 0 Å². The van der Waals surface area contributed by atoms with Crippen LogP contribution >= 0.6 is 0 Å². The molecular formula is C17H20F3N3O. The first-order valence-electron chi connectivity index (χ1n) is 8.18. The Morgan fingerprint density at radius 3 is 2.71 bits per heavy atom. The lowest BCUT2D eigenvalue weighted by atomic mass is 9.86. The second-order valence-electron chi connectivity index (χ2n) is 6.44. The van der Waals surface area contributed by atoms with Crippen molar-refractivity contribution in [2.45, 2.75) is 51.4 Å². The number of para-hydroxylation sites is 2. The molecule has 1 heterocycles. The molecule has 1 N–H and O–H groups in total. The van der Waals surface area contributed by atoms with Crippen LogP contribution < -0.4 is 5.32 Å². The van der Waals surface area contributed by atoms with Crippen molar-refractivity contribution in [1.82, 2.24) is 14.9 Å². The molecule has 2 atom stereocenters. The quantitative estimate of drug-likeness (QED) is 0.926. The molecule has 1 aliphatic rings. The second-order valence-corrected chi connectivity index (χ2v) is 6.44. The van der Waals surface area contributed by atoms with Crippen LogP contribution in [0.2, 0.25) is 0 Å².